The Hall–Kier alpha value is -0.900. The summed E-state index contributed by atoms with van der Waals surface area (Å²) in [4.78, 5) is 0. The van der Waals surface area contributed by atoms with Crippen LogP contribution in [0.15, 0.2) is 0 Å². The van der Waals surface area contributed by atoms with Crippen LogP contribution in [0.5, 0.6) is 0 Å². The quantitative estimate of drug-likeness (QED) is 0.683. The van der Waals surface area contributed by atoms with Crippen molar-refractivity contribution in [1.29, 1.82) is 0 Å². The minimum atomic E-state index is -0.106. The zero-order valence-corrected chi connectivity index (χ0v) is 7.66. The van der Waals surface area contributed by atoms with Crippen molar-refractivity contribution in [3.05, 3.63) is 11.4 Å². The van der Waals surface area contributed by atoms with Crippen molar-refractivity contribution >= 4 is 0 Å². The average Bonchev–Trinajstić information content (AvgIpc) is 2.76. The molecule has 0 amide bonds. The van der Waals surface area contributed by atoms with Crippen LogP contribution in [0.3, 0.4) is 0 Å². The maximum atomic E-state index is 6.12. The van der Waals surface area contributed by atoms with Gasteiger partial charge in [0, 0.05) is 6.54 Å². The smallest absolute Gasteiger partial charge is 0.106 e. The molecule has 2 N–H and O–H groups in total. The normalized spacial score (nSPS) is 24.1. The van der Waals surface area contributed by atoms with Gasteiger partial charge in [0.05, 0.1) is 11.2 Å². The predicted octanol–water partition coefficient (Wildman–Crippen LogP) is 0.562. The van der Waals surface area contributed by atoms with Gasteiger partial charge < -0.3 is 5.73 Å². The van der Waals surface area contributed by atoms with Crippen LogP contribution in [0.2, 0.25) is 0 Å². The molecule has 13 heavy (non-hydrogen) atoms. The van der Waals surface area contributed by atoms with E-state index in [1.54, 1.807) is 0 Å². The average molecular weight is 178 g/mol. The highest BCUT2D eigenvalue weighted by Gasteiger charge is 2.45. The second kappa shape index (κ2) is 2.32. The van der Waals surface area contributed by atoms with Crippen molar-refractivity contribution in [3.63, 3.8) is 0 Å². The van der Waals surface area contributed by atoms with E-state index in [2.05, 4.69) is 10.3 Å². The van der Waals surface area contributed by atoms with Crippen molar-refractivity contribution in [2.75, 3.05) is 0 Å². The Morgan fingerprint density at radius 1 is 1.31 bits per heavy atom. The fourth-order valence-corrected chi connectivity index (χ4v) is 2.07. The molecule has 4 nitrogen and oxygen atoms in total. The molecule has 3 rings (SSSR count). The number of aryl methyl sites for hydroxylation is 1. The molecule has 0 radical (unpaired) electrons. The van der Waals surface area contributed by atoms with E-state index in [0.29, 0.717) is 0 Å². The van der Waals surface area contributed by atoms with Gasteiger partial charge in [-0.25, -0.2) is 4.68 Å². The molecule has 2 heterocycles. The Bertz CT molecular complexity index is 337. The highest BCUT2D eigenvalue weighted by Crippen LogP contribution is 2.43. The molecule has 0 unspecified atom stereocenters. The van der Waals surface area contributed by atoms with E-state index in [4.69, 9.17) is 5.73 Å². The topological polar surface area (TPSA) is 56.7 Å². The van der Waals surface area contributed by atoms with Crippen molar-refractivity contribution < 1.29 is 0 Å². The van der Waals surface area contributed by atoms with Crippen LogP contribution in [0, 0.1) is 0 Å². The van der Waals surface area contributed by atoms with Gasteiger partial charge in [0.25, 0.3) is 0 Å². The first-order valence-electron chi connectivity index (χ1n) is 5.01. The second-order valence-corrected chi connectivity index (χ2v) is 4.22. The van der Waals surface area contributed by atoms with Gasteiger partial charge in [0.1, 0.15) is 5.69 Å². The third-order valence-electron chi connectivity index (χ3n) is 3.13. The molecular weight excluding hydrogens is 164 g/mol. The Kier molecular flexibility index (Phi) is 1.34. The number of fused-ring (bicyclic) bond motifs is 1. The summed E-state index contributed by atoms with van der Waals surface area (Å²) in [5, 5.41) is 8.37. The standard InChI is InChI=1S/C9H14N4/c10-9(4-5-9)8-7-3-1-2-6-13(7)12-11-8/h1-6,10H2. The number of hydrogen-bond acceptors (Lipinski definition) is 3. The van der Waals surface area contributed by atoms with Crippen molar-refractivity contribution in [2.24, 2.45) is 5.73 Å². The first-order valence-corrected chi connectivity index (χ1v) is 5.01. The summed E-state index contributed by atoms with van der Waals surface area (Å²) in [7, 11) is 0. The number of hydrogen-bond donors (Lipinski definition) is 1. The summed E-state index contributed by atoms with van der Waals surface area (Å²) in [5.41, 5.74) is 8.39. The monoisotopic (exact) mass is 178 g/mol. The number of aromatic nitrogens is 3. The van der Waals surface area contributed by atoms with Crippen molar-refractivity contribution in [2.45, 2.75) is 44.2 Å². The summed E-state index contributed by atoms with van der Waals surface area (Å²) >= 11 is 0. The molecule has 0 atom stereocenters. The Labute approximate surface area is 77.1 Å². The van der Waals surface area contributed by atoms with Crippen LogP contribution >= 0.6 is 0 Å². The van der Waals surface area contributed by atoms with E-state index >= 15 is 0 Å². The summed E-state index contributed by atoms with van der Waals surface area (Å²) in [5.74, 6) is 0. The number of nitrogens with zero attached hydrogens (tertiary/aromatic N) is 3. The molecule has 1 aliphatic heterocycles. The number of rotatable bonds is 1. The molecule has 0 bridgehead atoms. The predicted molar refractivity (Wildman–Crippen MR) is 48.1 cm³/mol. The van der Waals surface area contributed by atoms with E-state index in [1.165, 1.54) is 18.5 Å². The zero-order chi connectivity index (χ0) is 8.89. The molecule has 4 heteroatoms. The third kappa shape index (κ3) is 1.01. The van der Waals surface area contributed by atoms with E-state index in [-0.39, 0.29) is 5.54 Å². The highest BCUT2D eigenvalue weighted by atomic mass is 15.4. The summed E-state index contributed by atoms with van der Waals surface area (Å²) < 4.78 is 2.03. The Morgan fingerprint density at radius 2 is 2.15 bits per heavy atom. The maximum Gasteiger partial charge on any atom is 0.106 e. The van der Waals surface area contributed by atoms with Gasteiger partial charge in [-0.05, 0) is 32.1 Å². The summed E-state index contributed by atoms with van der Waals surface area (Å²) in [6.45, 7) is 1.03. The van der Waals surface area contributed by atoms with Crippen LogP contribution in [-0.2, 0) is 18.5 Å². The first kappa shape index (κ1) is 7.50. The summed E-state index contributed by atoms with van der Waals surface area (Å²) in [6.07, 6.45) is 5.77. The molecule has 1 aromatic heterocycles. The largest absolute Gasteiger partial charge is 0.320 e. The van der Waals surface area contributed by atoms with Crippen molar-refractivity contribution in [1.82, 2.24) is 15.0 Å². The van der Waals surface area contributed by atoms with Gasteiger partial charge in [-0.3, -0.25) is 0 Å². The van der Waals surface area contributed by atoms with Crippen LogP contribution in [0.25, 0.3) is 0 Å². The van der Waals surface area contributed by atoms with Gasteiger partial charge in [0.2, 0.25) is 0 Å². The minimum Gasteiger partial charge on any atom is -0.320 e. The van der Waals surface area contributed by atoms with E-state index in [9.17, 15) is 0 Å². The summed E-state index contributed by atoms with van der Waals surface area (Å²) in [6, 6.07) is 0. The molecule has 0 saturated heterocycles. The van der Waals surface area contributed by atoms with E-state index in [1.807, 2.05) is 4.68 Å². The minimum absolute atomic E-state index is 0.106. The van der Waals surface area contributed by atoms with Crippen molar-refractivity contribution in [3.8, 4) is 0 Å². The molecule has 2 aliphatic rings. The Balaban J connectivity index is 2.06. The van der Waals surface area contributed by atoms with Gasteiger partial charge in [-0.15, -0.1) is 5.10 Å². The van der Waals surface area contributed by atoms with Gasteiger partial charge >= 0.3 is 0 Å². The SMILES string of the molecule is NC1(c2nnn3c2CCCC3)CC1. The molecule has 1 aromatic rings. The lowest BCUT2D eigenvalue weighted by Gasteiger charge is -2.14. The van der Waals surface area contributed by atoms with E-state index in [0.717, 1.165) is 31.5 Å². The van der Waals surface area contributed by atoms with Crippen LogP contribution in [0.4, 0.5) is 0 Å². The molecular formula is C9H14N4. The van der Waals surface area contributed by atoms with Crippen LogP contribution < -0.4 is 5.73 Å². The third-order valence-corrected chi connectivity index (χ3v) is 3.13. The lowest BCUT2D eigenvalue weighted by Crippen LogP contribution is -2.22. The lowest BCUT2D eigenvalue weighted by atomic mass is 10.0. The second-order valence-electron chi connectivity index (χ2n) is 4.22. The molecule has 1 saturated carbocycles. The maximum absolute atomic E-state index is 6.12. The van der Waals surface area contributed by atoms with Gasteiger partial charge in [0.15, 0.2) is 0 Å². The lowest BCUT2D eigenvalue weighted by molar-refractivity contribution is 0.475. The van der Waals surface area contributed by atoms with E-state index < -0.39 is 0 Å². The molecule has 70 valence electrons. The van der Waals surface area contributed by atoms with Gasteiger partial charge in [-0.2, -0.15) is 0 Å². The molecule has 0 spiro atoms. The molecule has 0 aromatic carbocycles. The molecule has 1 fully saturated rings. The number of nitrogens with two attached hydrogens (primary N) is 1. The molecule has 1 aliphatic carbocycles. The fourth-order valence-electron chi connectivity index (χ4n) is 2.07. The highest BCUT2D eigenvalue weighted by molar-refractivity contribution is 5.26. The Morgan fingerprint density at radius 3 is 2.92 bits per heavy atom. The van der Waals surface area contributed by atoms with Crippen LogP contribution in [-0.4, -0.2) is 15.0 Å². The fraction of sp³-hybridized carbons (Fsp3) is 0.778. The zero-order valence-electron chi connectivity index (χ0n) is 7.66. The first-order chi connectivity index (χ1) is 6.30. The van der Waals surface area contributed by atoms with Gasteiger partial charge in [-0.1, -0.05) is 5.21 Å². The van der Waals surface area contributed by atoms with Crippen LogP contribution in [0.1, 0.15) is 37.1 Å².